The summed E-state index contributed by atoms with van der Waals surface area (Å²) in [7, 11) is 0. The van der Waals surface area contributed by atoms with Crippen molar-refractivity contribution in [1.82, 2.24) is 25.4 Å². The zero-order valence-corrected chi connectivity index (χ0v) is 12.5. The fourth-order valence-electron chi connectivity index (χ4n) is 2.08. The number of carbonyl (C=O) groups is 1. The predicted octanol–water partition coefficient (Wildman–Crippen LogP) is 0.691. The third-order valence-electron chi connectivity index (χ3n) is 3.22. The highest BCUT2D eigenvalue weighted by molar-refractivity contribution is 5.74. The SMILES string of the molecule is CCCC(C)(CO)NC(=O)NCCn1cnnc1CC. The van der Waals surface area contributed by atoms with Gasteiger partial charge in [0.2, 0.25) is 0 Å². The Kier molecular flexibility index (Phi) is 6.44. The van der Waals surface area contributed by atoms with Crippen LogP contribution in [0.25, 0.3) is 0 Å². The molecule has 0 bridgehead atoms. The van der Waals surface area contributed by atoms with Crippen LogP contribution in [0.4, 0.5) is 4.79 Å². The minimum Gasteiger partial charge on any atom is -0.394 e. The second-order valence-electron chi connectivity index (χ2n) is 5.14. The van der Waals surface area contributed by atoms with Gasteiger partial charge in [0.25, 0.3) is 0 Å². The maximum absolute atomic E-state index is 11.8. The van der Waals surface area contributed by atoms with Crippen LogP contribution in [0.3, 0.4) is 0 Å². The summed E-state index contributed by atoms with van der Waals surface area (Å²) in [5.41, 5.74) is -0.566. The average molecular weight is 283 g/mol. The van der Waals surface area contributed by atoms with Gasteiger partial charge in [-0.25, -0.2) is 4.79 Å². The molecule has 0 saturated carbocycles. The summed E-state index contributed by atoms with van der Waals surface area (Å²) >= 11 is 0. The third kappa shape index (κ3) is 4.80. The second-order valence-corrected chi connectivity index (χ2v) is 5.14. The molecule has 0 radical (unpaired) electrons. The molecule has 0 fully saturated rings. The third-order valence-corrected chi connectivity index (χ3v) is 3.22. The Hall–Kier alpha value is -1.63. The van der Waals surface area contributed by atoms with Gasteiger partial charge < -0.3 is 20.3 Å². The molecule has 0 saturated heterocycles. The van der Waals surface area contributed by atoms with Crippen molar-refractivity contribution in [2.75, 3.05) is 13.2 Å². The number of amides is 2. The van der Waals surface area contributed by atoms with Gasteiger partial charge in [0, 0.05) is 19.5 Å². The highest BCUT2D eigenvalue weighted by Crippen LogP contribution is 2.10. The lowest BCUT2D eigenvalue weighted by Crippen LogP contribution is -2.52. The van der Waals surface area contributed by atoms with Gasteiger partial charge in [-0.3, -0.25) is 0 Å². The molecule has 1 aromatic heterocycles. The molecule has 0 aromatic carbocycles. The zero-order chi connectivity index (χ0) is 15.0. The van der Waals surface area contributed by atoms with E-state index >= 15 is 0 Å². The minimum atomic E-state index is -0.566. The average Bonchev–Trinajstić information content (AvgIpc) is 2.86. The van der Waals surface area contributed by atoms with Crippen molar-refractivity contribution in [2.45, 2.75) is 52.1 Å². The van der Waals surface area contributed by atoms with Crippen LogP contribution in [0, 0.1) is 0 Å². The summed E-state index contributed by atoms with van der Waals surface area (Å²) < 4.78 is 1.91. The number of carbonyl (C=O) groups excluding carboxylic acids is 1. The van der Waals surface area contributed by atoms with Gasteiger partial charge in [-0.2, -0.15) is 0 Å². The molecule has 7 heteroatoms. The standard InChI is InChI=1S/C13H25N5O2/c1-4-6-13(3,9-19)16-12(20)14-7-8-18-10-15-17-11(18)5-2/h10,19H,4-9H2,1-3H3,(H2,14,16,20). The van der Waals surface area contributed by atoms with Gasteiger partial charge in [0.15, 0.2) is 0 Å². The molecule has 2 amide bonds. The number of nitrogens with one attached hydrogen (secondary N) is 2. The van der Waals surface area contributed by atoms with Gasteiger partial charge in [-0.05, 0) is 13.3 Å². The Morgan fingerprint density at radius 2 is 2.25 bits per heavy atom. The van der Waals surface area contributed by atoms with Gasteiger partial charge in [0.1, 0.15) is 12.2 Å². The van der Waals surface area contributed by atoms with Crippen LogP contribution >= 0.6 is 0 Å². The van der Waals surface area contributed by atoms with E-state index in [0.717, 1.165) is 25.1 Å². The number of aliphatic hydroxyl groups excluding tert-OH is 1. The van der Waals surface area contributed by atoms with Crippen molar-refractivity contribution in [3.63, 3.8) is 0 Å². The molecule has 1 aromatic rings. The molecule has 0 aliphatic rings. The highest BCUT2D eigenvalue weighted by atomic mass is 16.3. The normalized spacial score (nSPS) is 13.8. The molecule has 3 N–H and O–H groups in total. The van der Waals surface area contributed by atoms with Crippen LogP contribution in [0.5, 0.6) is 0 Å². The number of hydrogen-bond donors (Lipinski definition) is 3. The first kappa shape index (κ1) is 16.4. The van der Waals surface area contributed by atoms with Gasteiger partial charge in [-0.15, -0.1) is 10.2 Å². The van der Waals surface area contributed by atoms with Crippen molar-refractivity contribution < 1.29 is 9.90 Å². The number of nitrogens with zero attached hydrogens (tertiary/aromatic N) is 3. The lowest BCUT2D eigenvalue weighted by molar-refractivity contribution is 0.163. The molecule has 1 rings (SSSR count). The highest BCUT2D eigenvalue weighted by Gasteiger charge is 2.24. The fourth-order valence-corrected chi connectivity index (χ4v) is 2.08. The summed E-state index contributed by atoms with van der Waals surface area (Å²) in [6.45, 7) is 6.92. The summed E-state index contributed by atoms with van der Waals surface area (Å²) in [5, 5.41) is 22.8. The lowest BCUT2D eigenvalue weighted by Gasteiger charge is -2.28. The van der Waals surface area contributed by atoms with Crippen LogP contribution in [0.1, 0.15) is 39.4 Å². The topological polar surface area (TPSA) is 92.1 Å². The molecule has 1 heterocycles. The van der Waals surface area contributed by atoms with E-state index in [9.17, 15) is 9.90 Å². The first-order chi connectivity index (χ1) is 9.54. The van der Waals surface area contributed by atoms with Gasteiger partial charge >= 0.3 is 6.03 Å². The van der Waals surface area contributed by atoms with E-state index in [1.54, 1.807) is 6.33 Å². The minimum absolute atomic E-state index is 0.0698. The molecule has 7 nitrogen and oxygen atoms in total. The van der Waals surface area contributed by atoms with Crippen LogP contribution < -0.4 is 10.6 Å². The van der Waals surface area contributed by atoms with E-state index in [0.29, 0.717) is 13.1 Å². The molecule has 1 unspecified atom stereocenters. The van der Waals surface area contributed by atoms with E-state index in [2.05, 4.69) is 20.8 Å². The molecular formula is C13H25N5O2. The molecular weight excluding hydrogens is 258 g/mol. The Morgan fingerprint density at radius 1 is 1.50 bits per heavy atom. The molecule has 0 aliphatic carbocycles. The smallest absolute Gasteiger partial charge is 0.315 e. The number of aliphatic hydroxyl groups is 1. The van der Waals surface area contributed by atoms with Crippen molar-refractivity contribution in [1.29, 1.82) is 0 Å². The zero-order valence-electron chi connectivity index (χ0n) is 12.5. The molecule has 0 spiro atoms. The summed E-state index contributed by atoms with van der Waals surface area (Å²) in [6, 6.07) is -0.263. The first-order valence-electron chi connectivity index (χ1n) is 7.08. The van der Waals surface area contributed by atoms with E-state index in [-0.39, 0.29) is 12.6 Å². The first-order valence-corrected chi connectivity index (χ1v) is 7.08. The molecule has 1 atom stereocenters. The van der Waals surface area contributed by atoms with E-state index in [1.807, 2.05) is 25.3 Å². The summed E-state index contributed by atoms with van der Waals surface area (Å²) in [6.07, 6.45) is 4.11. The van der Waals surface area contributed by atoms with Crippen molar-refractivity contribution in [2.24, 2.45) is 0 Å². The number of hydrogen-bond acceptors (Lipinski definition) is 4. The molecule has 20 heavy (non-hydrogen) atoms. The van der Waals surface area contributed by atoms with Crippen molar-refractivity contribution in [3.05, 3.63) is 12.2 Å². The maximum Gasteiger partial charge on any atom is 0.315 e. The van der Waals surface area contributed by atoms with E-state index in [4.69, 9.17) is 0 Å². The van der Waals surface area contributed by atoms with Gasteiger partial charge in [0.05, 0.1) is 12.1 Å². The van der Waals surface area contributed by atoms with Crippen molar-refractivity contribution in [3.8, 4) is 0 Å². The fraction of sp³-hybridized carbons (Fsp3) is 0.769. The number of rotatable bonds is 8. The Labute approximate surface area is 119 Å². The van der Waals surface area contributed by atoms with E-state index in [1.165, 1.54) is 0 Å². The summed E-state index contributed by atoms with van der Waals surface area (Å²) in [4.78, 5) is 11.8. The van der Waals surface area contributed by atoms with Crippen LogP contribution in [0.2, 0.25) is 0 Å². The van der Waals surface area contributed by atoms with Crippen LogP contribution in [0.15, 0.2) is 6.33 Å². The lowest BCUT2D eigenvalue weighted by atomic mass is 9.98. The van der Waals surface area contributed by atoms with Crippen LogP contribution in [-0.2, 0) is 13.0 Å². The molecule has 0 aliphatic heterocycles. The van der Waals surface area contributed by atoms with Gasteiger partial charge in [-0.1, -0.05) is 20.3 Å². The molecule has 114 valence electrons. The van der Waals surface area contributed by atoms with Crippen LogP contribution in [-0.4, -0.2) is 44.6 Å². The monoisotopic (exact) mass is 283 g/mol. The largest absolute Gasteiger partial charge is 0.394 e. The van der Waals surface area contributed by atoms with E-state index < -0.39 is 5.54 Å². The number of aromatic nitrogens is 3. The second kappa shape index (κ2) is 7.84. The Morgan fingerprint density at radius 3 is 2.85 bits per heavy atom. The Balaban J connectivity index is 2.36. The number of aryl methyl sites for hydroxylation is 1. The van der Waals surface area contributed by atoms with Crippen molar-refractivity contribution >= 4 is 6.03 Å². The number of urea groups is 1. The quantitative estimate of drug-likeness (QED) is 0.654. The maximum atomic E-state index is 11.8. The predicted molar refractivity (Wildman–Crippen MR) is 76.3 cm³/mol. The Bertz CT molecular complexity index is 421. The summed E-state index contributed by atoms with van der Waals surface area (Å²) in [5.74, 6) is 0.901.